The van der Waals surface area contributed by atoms with Crippen LogP contribution in [0, 0.1) is 6.92 Å². The van der Waals surface area contributed by atoms with Gasteiger partial charge in [-0.1, -0.05) is 6.07 Å². The van der Waals surface area contributed by atoms with Crippen molar-refractivity contribution in [2.75, 3.05) is 24.3 Å². The summed E-state index contributed by atoms with van der Waals surface area (Å²) in [5, 5.41) is 6.27. The van der Waals surface area contributed by atoms with E-state index in [4.69, 9.17) is 0 Å². The first-order valence-electron chi connectivity index (χ1n) is 6.52. The molecule has 0 bridgehead atoms. The summed E-state index contributed by atoms with van der Waals surface area (Å²) in [6, 6.07) is 6.33. The molecule has 2 rings (SSSR count). The fraction of sp³-hybridized carbons (Fsp3) is 0.333. The van der Waals surface area contributed by atoms with Crippen LogP contribution in [0.25, 0.3) is 0 Å². The molecule has 1 aromatic carbocycles. The van der Waals surface area contributed by atoms with E-state index >= 15 is 0 Å². The number of rotatable bonds is 4. The van der Waals surface area contributed by atoms with Crippen molar-refractivity contribution in [3.63, 3.8) is 0 Å². The number of nitrogens with zero attached hydrogens (tertiary/aromatic N) is 2. The maximum Gasteiger partial charge on any atom is 0.102 e. The Morgan fingerprint density at radius 2 is 2.00 bits per heavy atom. The lowest BCUT2D eigenvalue weighted by Gasteiger charge is -2.29. The van der Waals surface area contributed by atoms with Crippen molar-refractivity contribution < 1.29 is 0 Å². The van der Waals surface area contributed by atoms with Crippen molar-refractivity contribution in [1.29, 1.82) is 0 Å². The van der Waals surface area contributed by atoms with Gasteiger partial charge in [-0.25, -0.2) is 0 Å². The minimum atomic E-state index is 0.349. The predicted molar refractivity (Wildman–Crippen MR) is 81.8 cm³/mol. The second-order valence-electron chi connectivity index (χ2n) is 4.72. The van der Waals surface area contributed by atoms with Gasteiger partial charge in [-0.05, 0) is 31.5 Å². The molecule has 1 atom stereocenters. The molecular formula is C15H22N4. The Hall–Kier alpha value is -2.10. The van der Waals surface area contributed by atoms with E-state index in [-0.39, 0.29) is 0 Å². The van der Waals surface area contributed by atoms with Gasteiger partial charge in [0, 0.05) is 50.3 Å². The summed E-state index contributed by atoms with van der Waals surface area (Å²) >= 11 is 0. The molecule has 1 aliphatic rings. The Morgan fingerprint density at radius 1 is 1.21 bits per heavy atom. The zero-order valence-electron chi connectivity index (χ0n) is 12.0. The van der Waals surface area contributed by atoms with Crippen molar-refractivity contribution in [3.8, 4) is 0 Å². The highest BCUT2D eigenvalue weighted by Crippen LogP contribution is 2.31. The summed E-state index contributed by atoms with van der Waals surface area (Å²) in [7, 11) is 3.97. The third kappa shape index (κ3) is 2.67. The Bertz CT molecular complexity index is 493. The molecule has 1 aromatic rings. The van der Waals surface area contributed by atoms with E-state index in [9.17, 15) is 0 Å². The number of nitrogens with one attached hydrogen (secondary N) is 2. The van der Waals surface area contributed by atoms with Crippen LogP contribution in [-0.4, -0.2) is 25.2 Å². The quantitative estimate of drug-likeness (QED) is 0.869. The Balaban J connectivity index is 2.25. The first kappa shape index (κ1) is 13.3. The Kier molecular flexibility index (Phi) is 4.00. The molecule has 0 aliphatic carbocycles. The maximum absolute atomic E-state index is 3.30. The average Bonchev–Trinajstić information content (AvgIpc) is 2.73. The molecule has 0 aromatic heterocycles. The number of benzene rings is 1. The molecule has 0 radical (unpaired) electrons. The van der Waals surface area contributed by atoms with E-state index in [0.29, 0.717) is 6.17 Å². The molecule has 0 saturated carbocycles. The molecule has 4 heteroatoms. The van der Waals surface area contributed by atoms with E-state index in [1.807, 2.05) is 19.4 Å². The average molecular weight is 258 g/mol. The third-order valence-electron chi connectivity index (χ3n) is 3.53. The van der Waals surface area contributed by atoms with Gasteiger partial charge < -0.3 is 20.4 Å². The Morgan fingerprint density at radius 3 is 2.63 bits per heavy atom. The van der Waals surface area contributed by atoms with Crippen LogP contribution in [0.1, 0.15) is 12.5 Å². The molecule has 102 valence electrons. The van der Waals surface area contributed by atoms with Crippen molar-refractivity contribution >= 4 is 11.4 Å². The van der Waals surface area contributed by atoms with Crippen LogP contribution in [0.5, 0.6) is 0 Å². The van der Waals surface area contributed by atoms with E-state index in [1.54, 1.807) is 0 Å². The monoisotopic (exact) mass is 258 g/mol. The van der Waals surface area contributed by atoms with Crippen LogP contribution in [0.3, 0.4) is 0 Å². The summed E-state index contributed by atoms with van der Waals surface area (Å²) in [4.78, 5) is 4.47. The van der Waals surface area contributed by atoms with Gasteiger partial charge in [-0.3, -0.25) is 0 Å². The van der Waals surface area contributed by atoms with Crippen molar-refractivity contribution in [2.24, 2.45) is 0 Å². The third-order valence-corrected chi connectivity index (χ3v) is 3.53. The fourth-order valence-corrected chi connectivity index (χ4v) is 2.18. The van der Waals surface area contributed by atoms with Gasteiger partial charge in [0.1, 0.15) is 6.17 Å². The van der Waals surface area contributed by atoms with Crippen molar-refractivity contribution in [1.82, 2.24) is 10.2 Å². The van der Waals surface area contributed by atoms with E-state index in [0.717, 1.165) is 5.69 Å². The van der Waals surface area contributed by atoms with Gasteiger partial charge in [-0.2, -0.15) is 0 Å². The van der Waals surface area contributed by atoms with Crippen LogP contribution >= 0.6 is 0 Å². The predicted octanol–water partition coefficient (Wildman–Crippen LogP) is 2.67. The SMILES string of the molecule is CN/C=C\Nc1cccc(N2C=CN(C)[C@@H]2C)c1C. The molecule has 0 unspecified atom stereocenters. The molecule has 1 heterocycles. The topological polar surface area (TPSA) is 30.5 Å². The first-order valence-corrected chi connectivity index (χ1v) is 6.52. The van der Waals surface area contributed by atoms with Crippen molar-refractivity contribution in [3.05, 3.63) is 48.6 Å². The van der Waals surface area contributed by atoms with Crippen LogP contribution in [-0.2, 0) is 0 Å². The standard InChI is InChI=1S/C15H22N4/c1-12-14(17-9-8-16-3)6-5-7-15(12)19-11-10-18(4)13(19)2/h5-11,13,16-17H,1-4H3/b9-8-/t13-/m0/s1. The molecular weight excluding hydrogens is 236 g/mol. The summed E-state index contributed by atoms with van der Waals surface area (Å²) < 4.78 is 0. The summed E-state index contributed by atoms with van der Waals surface area (Å²) in [5.74, 6) is 0. The largest absolute Gasteiger partial charge is 0.393 e. The van der Waals surface area contributed by atoms with Gasteiger partial charge in [-0.15, -0.1) is 0 Å². The van der Waals surface area contributed by atoms with Gasteiger partial charge in [0.25, 0.3) is 0 Å². The Labute approximate surface area is 115 Å². The normalized spacial score (nSPS) is 18.4. The van der Waals surface area contributed by atoms with Crippen LogP contribution in [0.15, 0.2) is 43.0 Å². The maximum atomic E-state index is 3.30. The highest BCUT2D eigenvalue weighted by Gasteiger charge is 2.21. The van der Waals surface area contributed by atoms with Crippen LogP contribution < -0.4 is 15.5 Å². The van der Waals surface area contributed by atoms with Gasteiger partial charge in [0.05, 0.1) is 0 Å². The van der Waals surface area contributed by atoms with Crippen LogP contribution in [0.2, 0.25) is 0 Å². The van der Waals surface area contributed by atoms with Gasteiger partial charge in [0.2, 0.25) is 0 Å². The van der Waals surface area contributed by atoms with Gasteiger partial charge in [0.15, 0.2) is 0 Å². The molecule has 0 saturated heterocycles. The fourth-order valence-electron chi connectivity index (χ4n) is 2.18. The summed E-state index contributed by atoms with van der Waals surface area (Å²) in [5.41, 5.74) is 3.60. The summed E-state index contributed by atoms with van der Waals surface area (Å²) in [6.07, 6.45) is 8.35. The van der Waals surface area contributed by atoms with Gasteiger partial charge >= 0.3 is 0 Å². The lowest BCUT2D eigenvalue weighted by molar-refractivity contribution is 0.383. The number of anilines is 2. The lowest BCUT2D eigenvalue weighted by Crippen LogP contribution is -2.33. The first-order chi connectivity index (χ1) is 9.15. The zero-order chi connectivity index (χ0) is 13.8. The second kappa shape index (κ2) is 5.69. The molecule has 0 amide bonds. The molecule has 2 N–H and O–H groups in total. The van der Waals surface area contributed by atoms with Crippen molar-refractivity contribution in [2.45, 2.75) is 20.0 Å². The highest BCUT2D eigenvalue weighted by molar-refractivity contribution is 5.68. The molecule has 19 heavy (non-hydrogen) atoms. The minimum Gasteiger partial charge on any atom is -0.393 e. The minimum absolute atomic E-state index is 0.349. The molecule has 4 nitrogen and oxygen atoms in total. The second-order valence-corrected chi connectivity index (χ2v) is 4.72. The molecule has 1 aliphatic heterocycles. The summed E-state index contributed by atoms with van der Waals surface area (Å²) in [6.45, 7) is 4.34. The zero-order valence-corrected chi connectivity index (χ0v) is 12.0. The molecule has 0 fully saturated rings. The smallest absolute Gasteiger partial charge is 0.102 e. The lowest BCUT2D eigenvalue weighted by atomic mass is 10.1. The van der Waals surface area contributed by atoms with E-state index in [1.165, 1.54) is 11.3 Å². The molecule has 0 spiro atoms. The van der Waals surface area contributed by atoms with Crippen LogP contribution in [0.4, 0.5) is 11.4 Å². The number of hydrogen-bond donors (Lipinski definition) is 2. The number of hydrogen-bond acceptors (Lipinski definition) is 4. The van der Waals surface area contributed by atoms with E-state index in [2.05, 4.69) is 71.9 Å². The van der Waals surface area contributed by atoms with E-state index < -0.39 is 0 Å². The highest BCUT2D eigenvalue weighted by atomic mass is 15.4.